The Labute approximate surface area is 277 Å². The molecule has 2 saturated heterocycles. The molecule has 2 aromatic carbocycles. The molecule has 254 valence electrons. The summed E-state index contributed by atoms with van der Waals surface area (Å²) in [6.07, 6.45) is 1.80. The number of nitrogens with zero attached hydrogens (tertiary/aromatic N) is 3. The quantitative estimate of drug-likeness (QED) is 0.336. The number of ether oxygens (including phenoxy) is 1. The highest BCUT2D eigenvalue weighted by atomic mass is 32.2. The first-order chi connectivity index (χ1) is 21.3. The molecule has 2 heterocycles. The topological polar surface area (TPSA) is 87.2 Å². The van der Waals surface area contributed by atoms with Gasteiger partial charge in [0.15, 0.2) is 9.84 Å². The third-order valence-corrected chi connectivity index (χ3v) is 11.8. The average Bonchev–Trinajstić information content (AvgIpc) is 2.96. The molecule has 0 N–H and O–H groups in total. The maximum absolute atomic E-state index is 13.9. The van der Waals surface area contributed by atoms with Crippen LogP contribution in [0.4, 0.5) is 4.79 Å². The number of rotatable bonds is 6. The van der Waals surface area contributed by atoms with Crippen molar-refractivity contribution in [2.75, 3.05) is 32.7 Å². The Morgan fingerprint density at radius 3 is 1.89 bits per heavy atom. The largest absolute Gasteiger partial charge is 0.444 e. The van der Waals surface area contributed by atoms with E-state index in [4.69, 9.17) is 4.74 Å². The summed E-state index contributed by atoms with van der Waals surface area (Å²) in [6, 6.07) is 17.6. The Morgan fingerprint density at radius 2 is 1.37 bits per heavy atom. The van der Waals surface area contributed by atoms with Crippen LogP contribution >= 0.6 is 0 Å². The van der Waals surface area contributed by atoms with Gasteiger partial charge in [-0.2, -0.15) is 0 Å². The Bertz CT molecular complexity index is 1450. The van der Waals surface area contributed by atoms with Crippen LogP contribution < -0.4 is 0 Å². The number of carbonyl (C=O) groups excluding carboxylic acids is 2. The summed E-state index contributed by atoms with van der Waals surface area (Å²) in [5, 5.41) is 0. The highest BCUT2D eigenvalue weighted by Gasteiger charge is 2.41. The van der Waals surface area contributed by atoms with E-state index in [0.717, 1.165) is 24.0 Å². The molecule has 2 amide bonds. The smallest absolute Gasteiger partial charge is 0.410 e. The third-order valence-electron chi connectivity index (χ3n) is 9.25. The minimum atomic E-state index is -3.46. The lowest BCUT2D eigenvalue weighted by Crippen LogP contribution is -2.60. The second kappa shape index (κ2) is 13.7. The van der Waals surface area contributed by atoms with Gasteiger partial charge in [-0.1, -0.05) is 63.2 Å². The molecule has 2 aromatic rings. The van der Waals surface area contributed by atoms with Crippen LogP contribution in [-0.4, -0.2) is 84.2 Å². The fourth-order valence-electron chi connectivity index (χ4n) is 6.52. The molecular formula is C37H55N3O5S. The molecule has 0 aromatic heterocycles. The van der Waals surface area contributed by atoms with Crippen molar-refractivity contribution in [3.05, 3.63) is 65.7 Å². The van der Waals surface area contributed by atoms with Crippen LogP contribution in [0.25, 0.3) is 0 Å². The number of piperazine rings is 1. The minimum Gasteiger partial charge on any atom is -0.444 e. The van der Waals surface area contributed by atoms with E-state index in [0.29, 0.717) is 44.0 Å². The van der Waals surface area contributed by atoms with Crippen molar-refractivity contribution in [3.63, 3.8) is 0 Å². The molecule has 46 heavy (non-hydrogen) atoms. The maximum Gasteiger partial charge on any atom is 0.410 e. The molecule has 0 saturated carbocycles. The molecule has 0 bridgehead atoms. The number of piperidine rings is 1. The Kier molecular flexibility index (Phi) is 10.7. The van der Waals surface area contributed by atoms with E-state index in [9.17, 15) is 18.0 Å². The normalized spacial score (nSPS) is 20.0. The summed E-state index contributed by atoms with van der Waals surface area (Å²) < 4.78 is 30.9. The standard InChI is InChI=1S/C37H55N3O5S/c1-35(2,3)31-26-39(23-24-40(31)32(41)25-27-19-21-38(22-20-27)34(42)45-36(4,5)6)33(28-13-11-10-12-14-28)29-15-17-30(18-16-29)46(43,44)37(7,8)9/h10-18,27,31,33H,19-26H2,1-9H3. The molecule has 2 atom stereocenters. The Hall–Kier alpha value is -2.91. The molecule has 0 radical (unpaired) electrons. The third kappa shape index (κ3) is 8.51. The number of sulfone groups is 1. The lowest BCUT2D eigenvalue weighted by atomic mass is 9.82. The van der Waals surface area contributed by atoms with Gasteiger partial charge in [-0.15, -0.1) is 0 Å². The van der Waals surface area contributed by atoms with Crippen molar-refractivity contribution in [1.82, 2.24) is 14.7 Å². The molecule has 9 heteroatoms. The zero-order chi connectivity index (χ0) is 34.1. The zero-order valence-electron chi connectivity index (χ0n) is 29.4. The molecular weight excluding hydrogens is 598 g/mol. The second-order valence-corrected chi connectivity index (χ2v) is 18.8. The van der Waals surface area contributed by atoms with Crippen LogP contribution in [0.3, 0.4) is 0 Å². The van der Waals surface area contributed by atoms with Crippen molar-refractivity contribution in [2.24, 2.45) is 11.3 Å². The van der Waals surface area contributed by atoms with Crippen molar-refractivity contribution in [3.8, 4) is 0 Å². The van der Waals surface area contributed by atoms with E-state index >= 15 is 0 Å². The molecule has 8 nitrogen and oxygen atoms in total. The molecule has 2 fully saturated rings. The van der Waals surface area contributed by atoms with E-state index in [1.165, 1.54) is 0 Å². The van der Waals surface area contributed by atoms with E-state index in [1.54, 1.807) is 37.8 Å². The van der Waals surface area contributed by atoms with Gasteiger partial charge in [-0.25, -0.2) is 13.2 Å². The van der Waals surface area contributed by atoms with Gasteiger partial charge in [0.05, 0.1) is 15.7 Å². The van der Waals surface area contributed by atoms with Gasteiger partial charge in [0.25, 0.3) is 0 Å². The van der Waals surface area contributed by atoms with Crippen LogP contribution in [0.1, 0.15) is 98.7 Å². The summed E-state index contributed by atoms with van der Waals surface area (Å²) in [5.74, 6) is 0.424. The van der Waals surface area contributed by atoms with E-state index < -0.39 is 20.2 Å². The SMILES string of the molecule is CC(C)(C)OC(=O)N1CCC(CC(=O)N2CCN(C(c3ccccc3)c3ccc(S(=O)(=O)C(C)(C)C)cc3)CC2C(C)(C)C)CC1. The molecule has 4 rings (SSSR count). The predicted molar refractivity (Wildman–Crippen MR) is 183 cm³/mol. The molecule has 2 unspecified atom stereocenters. The van der Waals surface area contributed by atoms with Crippen LogP contribution in [0.2, 0.25) is 0 Å². The van der Waals surface area contributed by atoms with Gasteiger partial charge in [0.1, 0.15) is 5.60 Å². The first-order valence-electron chi connectivity index (χ1n) is 16.7. The first-order valence-corrected chi connectivity index (χ1v) is 18.2. The number of carbonyl (C=O) groups is 2. The van der Waals surface area contributed by atoms with Crippen molar-refractivity contribution in [1.29, 1.82) is 0 Å². The summed E-state index contributed by atoms with van der Waals surface area (Å²) in [5.41, 5.74) is 1.49. The van der Waals surface area contributed by atoms with Gasteiger partial charge in [0.2, 0.25) is 5.91 Å². The van der Waals surface area contributed by atoms with E-state index in [2.05, 4.69) is 42.7 Å². The summed E-state index contributed by atoms with van der Waals surface area (Å²) >= 11 is 0. The lowest BCUT2D eigenvalue weighted by molar-refractivity contribution is -0.141. The molecule has 2 aliphatic heterocycles. The first kappa shape index (κ1) is 35.9. The van der Waals surface area contributed by atoms with Gasteiger partial charge in [-0.05, 0) is 89.0 Å². The highest BCUT2D eigenvalue weighted by molar-refractivity contribution is 7.92. The maximum atomic E-state index is 13.9. The van der Waals surface area contributed by atoms with Crippen molar-refractivity contribution >= 4 is 21.8 Å². The van der Waals surface area contributed by atoms with Crippen molar-refractivity contribution < 1.29 is 22.7 Å². The van der Waals surface area contributed by atoms with Crippen molar-refractivity contribution in [2.45, 2.75) is 109 Å². The minimum absolute atomic E-state index is 0.00218. The molecule has 0 aliphatic carbocycles. The highest BCUT2D eigenvalue weighted by Crippen LogP contribution is 2.37. The molecule has 0 spiro atoms. The summed E-state index contributed by atoms with van der Waals surface area (Å²) in [7, 11) is -3.46. The van der Waals surface area contributed by atoms with Crippen LogP contribution in [0.15, 0.2) is 59.5 Å². The van der Waals surface area contributed by atoms with Gasteiger partial charge in [-0.3, -0.25) is 9.69 Å². The lowest BCUT2D eigenvalue weighted by Gasteiger charge is -2.50. The second-order valence-electron chi connectivity index (χ2n) is 16.1. The number of likely N-dealkylation sites (tertiary alicyclic amines) is 1. The zero-order valence-corrected chi connectivity index (χ0v) is 30.2. The van der Waals surface area contributed by atoms with Gasteiger partial charge < -0.3 is 14.5 Å². The summed E-state index contributed by atoms with van der Waals surface area (Å²) in [4.78, 5) is 33.1. The fourth-order valence-corrected chi connectivity index (χ4v) is 7.72. The summed E-state index contributed by atoms with van der Waals surface area (Å²) in [6.45, 7) is 20.6. The molecule has 2 aliphatic rings. The van der Waals surface area contributed by atoms with Gasteiger partial charge >= 0.3 is 6.09 Å². The Morgan fingerprint density at radius 1 is 0.804 bits per heavy atom. The average molecular weight is 654 g/mol. The van der Waals surface area contributed by atoms with Crippen LogP contribution in [-0.2, 0) is 19.4 Å². The fraction of sp³-hybridized carbons (Fsp3) is 0.622. The van der Waals surface area contributed by atoms with E-state index in [1.807, 2.05) is 51.1 Å². The van der Waals surface area contributed by atoms with Gasteiger partial charge in [0, 0.05) is 45.2 Å². The monoisotopic (exact) mass is 653 g/mol. The number of benzene rings is 2. The number of hydrogen-bond acceptors (Lipinski definition) is 6. The Balaban J connectivity index is 1.51. The van der Waals surface area contributed by atoms with Crippen LogP contribution in [0, 0.1) is 11.3 Å². The number of hydrogen-bond donors (Lipinski definition) is 0. The number of amides is 2. The predicted octanol–water partition coefficient (Wildman–Crippen LogP) is 6.94. The van der Waals surface area contributed by atoms with Crippen LogP contribution in [0.5, 0.6) is 0 Å². The van der Waals surface area contributed by atoms with E-state index in [-0.39, 0.29) is 35.4 Å².